The average molecular weight is 374 g/mol. The summed E-state index contributed by atoms with van der Waals surface area (Å²) in [4.78, 5) is 16.8. The van der Waals surface area contributed by atoms with E-state index >= 15 is 0 Å². The highest BCUT2D eigenvalue weighted by Crippen LogP contribution is 2.29. The van der Waals surface area contributed by atoms with Crippen LogP contribution in [0.5, 0.6) is 5.75 Å². The Balaban J connectivity index is 1.68. The predicted molar refractivity (Wildman–Crippen MR) is 99.8 cm³/mol. The van der Waals surface area contributed by atoms with Gasteiger partial charge in [-0.15, -0.1) is 0 Å². The van der Waals surface area contributed by atoms with Crippen LogP contribution in [0.4, 0.5) is 5.69 Å². The van der Waals surface area contributed by atoms with Crippen molar-refractivity contribution >= 4 is 22.5 Å². The molecule has 0 saturated carbocycles. The maximum atomic E-state index is 12.7. The Labute approximate surface area is 158 Å². The smallest absolute Gasteiger partial charge is 0.274 e. The first-order valence-electron chi connectivity index (χ1n) is 8.25. The van der Waals surface area contributed by atoms with E-state index in [1.807, 2.05) is 12.1 Å². The van der Waals surface area contributed by atoms with E-state index in [4.69, 9.17) is 14.5 Å². The van der Waals surface area contributed by atoms with Crippen molar-refractivity contribution in [2.24, 2.45) is 0 Å². The minimum absolute atomic E-state index is 0.183. The number of ether oxygens (including phenoxy) is 1. The van der Waals surface area contributed by atoms with Crippen molar-refractivity contribution in [2.45, 2.75) is 6.92 Å². The first-order valence-corrected chi connectivity index (χ1v) is 8.25. The molecular weight excluding hydrogens is 360 g/mol. The largest absolute Gasteiger partial charge is 0.495 e. The Kier molecular flexibility index (Phi) is 4.21. The summed E-state index contributed by atoms with van der Waals surface area (Å²) in [6.45, 7) is 1.69. The molecule has 0 bridgehead atoms. The fraction of sp³-hybridized carbons (Fsp3) is 0.105. The second-order valence-corrected chi connectivity index (χ2v) is 5.99. The fourth-order valence-corrected chi connectivity index (χ4v) is 2.99. The maximum Gasteiger partial charge on any atom is 0.274 e. The number of hydrogen-bond acceptors (Lipinski definition) is 7. The van der Waals surface area contributed by atoms with Crippen molar-refractivity contribution in [1.82, 2.24) is 20.3 Å². The van der Waals surface area contributed by atoms with E-state index in [9.17, 15) is 4.79 Å². The molecule has 9 nitrogen and oxygen atoms in total. The number of amides is 1. The molecule has 0 aliphatic rings. The number of pyridine rings is 1. The number of benzene rings is 1. The van der Waals surface area contributed by atoms with Crippen LogP contribution in [-0.4, -0.2) is 33.4 Å². The number of rotatable bonds is 4. The molecule has 4 aromatic rings. The van der Waals surface area contributed by atoms with Crippen LogP contribution in [0.25, 0.3) is 22.2 Å². The maximum absolute atomic E-state index is 12.7. The Hall–Kier alpha value is -4.19. The SMILES string of the molecule is COc1c(C#N)cnc(C(=O)Nc2ccc3[nH]nc(-c4cnoc4)c3c2)c1C. The highest BCUT2D eigenvalue weighted by Gasteiger charge is 2.18. The van der Waals surface area contributed by atoms with Gasteiger partial charge in [-0.1, -0.05) is 5.16 Å². The quantitative estimate of drug-likeness (QED) is 0.561. The van der Waals surface area contributed by atoms with Crippen LogP contribution < -0.4 is 10.1 Å². The van der Waals surface area contributed by atoms with Crippen molar-refractivity contribution in [3.05, 3.63) is 53.7 Å². The lowest BCUT2D eigenvalue weighted by molar-refractivity contribution is 0.102. The van der Waals surface area contributed by atoms with Crippen molar-refractivity contribution in [2.75, 3.05) is 12.4 Å². The van der Waals surface area contributed by atoms with Crippen LogP contribution >= 0.6 is 0 Å². The van der Waals surface area contributed by atoms with E-state index in [-0.39, 0.29) is 11.3 Å². The van der Waals surface area contributed by atoms with Crippen LogP contribution in [0.3, 0.4) is 0 Å². The number of H-pyrrole nitrogens is 1. The molecule has 4 rings (SSSR count). The molecule has 0 aliphatic carbocycles. The van der Waals surface area contributed by atoms with Gasteiger partial charge < -0.3 is 14.6 Å². The number of carbonyl (C=O) groups excluding carboxylic acids is 1. The van der Waals surface area contributed by atoms with Crippen LogP contribution in [-0.2, 0) is 0 Å². The number of nitrogens with one attached hydrogen (secondary N) is 2. The molecule has 0 fully saturated rings. The van der Waals surface area contributed by atoms with E-state index in [1.165, 1.54) is 19.6 Å². The van der Waals surface area contributed by atoms with Crippen LogP contribution in [0, 0.1) is 18.3 Å². The van der Waals surface area contributed by atoms with Gasteiger partial charge in [0.2, 0.25) is 0 Å². The molecule has 9 heteroatoms. The number of aromatic amines is 1. The number of aromatic nitrogens is 4. The number of fused-ring (bicyclic) bond motifs is 1. The monoisotopic (exact) mass is 374 g/mol. The topological polar surface area (TPSA) is 130 Å². The van der Waals surface area contributed by atoms with Crippen LogP contribution in [0.2, 0.25) is 0 Å². The summed E-state index contributed by atoms with van der Waals surface area (Å²) in [7, 11) is 1.45. The zero-order chi connectivity index (χ0) is 19.7. The zero-order valence-electron chi connectivity index (χ0n) is 15.0. The van der Waals surface area contributed by atoms with Gasteiger partial charge in [0.25, 0.3) is 5.91 Å². The van der Waals surface area contributed by atoms with Gasteiger partial charge >= 0.3 is 0 Å². The summed E-state index contributed by atoms with van der Waals surface area (Å²) in [5.74, 6) is -0.0719. The van der Waals surface area contributed by atoms with E-state index in [0.29, 0.717) is 22.7 Å². The Morgan fingerprint density at radius 2 is 2.21 bits per heavy atom. The van der Waals surface area contributed by atoms with E-state index < -0.39 is 5.91 Å². The second-order valence-electron chi connectivity index (χ2n) is 5.99. The van der Waals surface area contributed by atoms with Gasteiger partial charge in [0, 0.05) is 22.8 Å². The lowest BCUT2D eigenvalue weighted by Crippen LogP contribution is -2.16. The lowest BCUT2D eigenvalue weighted by Gasteiger charge is -2.11. The molecule has 28 heavy (non-hydrogen) atoms. The summed E-state index contributed by atoms with van der Waals surface area (Å²) in [5.41, 5.74) is 3.72. The van der Waals surface area contributed by atoms with Crippen LogP contribution in [0.15, 0.2) is 41.4 Å². The molecule has 0 unspecified atom stereocenters. The van der Waals surface area contributed by atoms with Gasteiger partial charge in [0.15, 0.2) is 0 Å². The third kappa shape index (κ3) is 2.83. The van der Waals surface area contributed by atoms with Gasteiger partial charge in [-0.25, -0.2) is 4.98 Å². The summed E-state index contributed by atoms with van der Waals surface area (Å²) < 4.78 is 10.1. The number of hydrogen-bond donors (Lipinski definition) is 2. The van der Waals surface area contributed by atoms with Crippen LogP contribution in [0.1, 0.15) is 21.6 Å². The predicted octanol–water partition coefficient (Wildman–Crippen LogP) is 3.05. The Morgan fingerprint density at radius 1 is 1.36 bits per heavy atom. The standard InChI is InChI=1S/C19H14N6O3/c1-10-16(21-7-11(6-20)18(10)27-2)19(26)23-13-3-4-15-14(5-13)17(25-24-15)12-8-22-28-9-12/h3-5,7-9H,1-2H3,(H,23,26)(H,24,25). The number of nitrogens with zero attached hydrogens (tertiary/aromatic N) is 4. The Morgan fingerprint density at radius 3 is 2.93 bits per heavy atom. The molecular formula is C19H14N6O3. The summed E-state index contributed by atoms with van der Waals surface area (Å²) >= 11 is 0. The van der Waals surface area contributed by atoms with Crippen molar-refractivity contribution in [3.8, 4) is 23.1 Å². The molecule has 1 aromatic carbocycles. The van der Waals surface area contributed by atoms with E-state index in [0.717, 1.165) is 16.5 Å². The summed E-state index contributed by atoms with van der Waals surface area (Å²) in [5, 5.41) is 23.7. The molecule has 0 saturated heterocycles. The fourth-order valence-electron chi connectivity index (χ4n) is 2.99. The number of methoxy groups -OCH3 is 1. The highest BCUT2D eigenvalue weighted by atomic mass is 16.5. The summed E-state index contributed by atoms with van der Waals surface area (Å²) in [6.07, 6.45) is 4.39. The normalized spacial score (nSPS) is 10.6. The average Bonchev–Trinajstić information content (AvgIpc) is 3.36. The molecule has 138 valence electrons. The molecule has 0 atom stereocenters. The third-order valence-corrected chi connectivity index (χ3v) is 4.33. The third-order valence-electron chi connectivity index (χ3n) is 4.33. The second kappa shape index (κ2) is 6.85. The molecule has 0 aliphatic heterocycles. The van der Waals surface area contributed by atoms with Gasteiger partial charge in [0.05, 0.1) is 24.4 Å². The van der Waals surface area contributed by atoms with E-state index in [1.54, 1.807) is 25.3 Å². The minimum Gasteiger partial charge on any atom is -0.495 e. The molecule has 0 radical (unpaired) electrons. The molecule has 3 heterocycles. The van der Waals surface area contributed by atoms with Crippen molar-refractivity contribution in [3.63, 3.8) is 0 Å². The number of anilines is 1. The van der Waals surface area contributed by atoms with Gasteiger partial charge in [-0.3, -0.25) is 9.89 Å². The molecule has 0 spiro atoms. The van der Waals surface area contributed by atoms with Crippen molar-refractivity contribution in [1.29, 1.82) is 5.26 Å². The van der Waals surface area contributed by atoms with Gasteiger partial charge in [0.1, 0.15) is 35.0 Å². The first kappa shape index (κ1) is 17.2. The number of nitriles is 1. The number of carbonyl (C=O) groups is 1. The summed E-state index contributed by atoms with van der Waals surface area (Å²) in [6, 6.07) is 7.37. The molecule has 1 amide bonds. The molecule has 3 aromatic heterocycles. The zero-order valence-corrected chi connectivity index (χ0v) is 15.0. The molecule has 2 N–H and O–H groups in total. The lowest BCUT2D eigenvalue weighted by atomic mass is 10.1. The van der Waals surface area contributed by atoms with E-state index in [2.05, 4.69) is 25.7 Å². The van der Waals surface area contributed by atoms with Crippen molar-refractivity contribution < 1.29 is 14.1 Å². The Bertz CT molecular complexity index is 1220. The van der Waals surface area contributed by atoms with Gasteiger partial charge in [-0.2, -0.15) is 10.4 Å². The van der Waals surface area contributed by atoms with Gasteiger partial charge in [-0.05, 0) is 25.1 Å². The highest BCUT2D eigenvalue weighted by molar-refractivity contribution is 6.06. The first-order chi connectivity index (χ1) is 13.6. The minimum atomic E-state index is -0.408.